The molecule has 23 heavy (non-hydrogen) atoms. The largest absolute Gasteiger partial charge is 0.392 e. The van der Waals surface area contributed by atoms with E-state index in [0.717, 1.165) is 5.56 Å². The van der Waals surface area contributed by atoms with Crippen molar-refractivity contribution in [1.29, 1.82) is 0 Å². The molecule has 0 aromatic heterocycles. The molecule has 0 aliphatic heterocycles. The van der Waals surface area contributed by atoms with Crippen LogP contribution >= 0.6 is 0 Å². The van der Waals surface area contributed by atoms with Crippen molar-refractivity contribution in [1.82, 2.24) is 0 Å². The zero-order valence-corrected chi connectivity index (χ0v) is 15.4. The van der Waals surface area contributed by atoms with E-state index in [9.17, 15) is 9.90 Å². The Morgan fingerprint density at radius 2 is 1.70 bits per heavy atom. The second kappa shape index (κ2) is 8.60. The van der Waals surface area contributed by atoms with E-state index in [-0.39, 0.29) is 23.5 Å². The Morgan fingerprint density at radius 3 is 2.22 bits per heavy atom. The van der Waals surface area contributed by atoms with E-state index in [4.69, 9.17) is 4.74 Å². The summed E-state index contributed by atoms with van der Waals surface area (Å²) < 4.78 is 5.69. The SMILES string of the molecule is CC(C)C(C)(C)C(=O)[C@H](C)[C@@H](O)[C@@H](C)COCc1ccccc1. The summed E-state index contributed by atoms with van der Waals surface area (Å²) >= 11 is 0. The molecule has 1 N–H and O–H groups in total. The van der Waals surface area contributed by atoms with Crippen LogP contribution in [0.25, 0.3) is 0 Å². The Kier molecular flexibility index (Phi) is 7.43. The van der Waals surface area contributed by atoms with Gasteiger partial charge in [-0.05, 0) is 11.5 Å². The number of aliphatic hydroxyl groups is 1. The third-order valence-electron chi connectivity index (χ3n) is 5.08. The summed E-state index contributed by atoms with van der Waals surface area (Å²) in [6.07, 6.45) is -0.684. The number of benzene rings is 1. The fourth-order valence-electron chi connectivity index (χ4n) is 2.55. The number of carbonyl (C=O) groups is 1. The lowest BCUT2D eigenvalue weighted by atomic mass is 9.71. The lowest BCUT2D eigenvalue weighted by Gasteiger charge is -2.33. The Labute approximate surface area is 141 Å². The van der Waals surface area contributed by atoms with E-state index in [0.29, 0.717) is 13.2 Å². The third-order valence-corrected chi connectivity index (χ3v) is 5.08. The quantitative estimate of drug-likeness (QED) is 0.745. The molecule has 0 fully saturated rings. The molecule has 0 aliphatic carbocycles. The highest BCUT2D eigenvalue weighted by atomic mass is 16.5. The molecule has 1 aromatic carbocycles. The molecule has 130 valence electrons. The summed E-state index contributed by atoms with van der Waals surface area (Å²) in [6.45, 7) is 12.7. The number of hydrogen-bond donors (Lipinski definition) is 1. The summed E-state index contributed by atoms with van der Waals surface area (Å²) in [5.41, 5.74) is 0.685. The number of carbonyl (C=O) groups excluding carboxylic acids is 1. The van der Waals surface area contributed by atoms with Gasteiger partial charge in [0.1, 0.15) is 5.78 Å². The third kappa shape index (κ3) is 5.43. The summed E-state index contributed by atoms with van der Waals surface area (Å²) in [4.78, 5) is 12.6. The summed E-state index contributed by atoms with van der Waals surface area (Å²) in [7, 11) is 0. The van der Waals surface area contributed by atoms with Crippen LogP contribution in [0.5, 0.6) is 0 Å². The van der Waals surface area contributed by atoms with E-state index >= 15 is 0 Å². The van der Waals surface area contributed by atoms with Crippen LogP contribution in [0.1, 0.15) is 47.1 Å². The van der Waals surface area contributed by atoms with Crippen molar-refractivity contribution >= 4 is 5.78 Å². The maximum absolute atomic E-state index is 12.6. The number of ketones is 1. The lowest BCUT2D eigenvalue weighted by Crippen LogP contribution is -2.42. The monoisotopic (exact) mass is 320 g/mol. The van der Waals surface area contributed by atoms with Crippen molar-refractivity contribution in [2.45, 2.75) is 54.3 Å². The first kappa shape index (κ1) is 19.9. The Hall–Kier alpha value is -1.19. The number of aliphatic hydroxyl groups excluding tert-OH is 1. The van der Waals surface area contributed by atoms with Gasteiger partial charge in [-0.25, -0.2) is 0 Å². The molecule has 3 atom stereocenters. The first-order valence-electron chi connectivity index (χ1n) is 8.52. The molecule has 0 radical (unpaired) electrons. The van der Waals surface area contributed by atoms with Crippen LogP contribution in [0, 0.1) is 23.2 Å². The molecule has 0 spiro atoms. The smallest absolute Gasteiger partial charge is 0.144 e. The number of ether oxygens (including phenoxy) is 1. The van der Waals surface area contributed by atoms with Gasteiger partial charge in [-0.15, -0.1) is 0 Å². The highest BCUT2D eigenvalue weighted by Crippen LogP contribution is 2.32. The zero-order valence-electron chi connectivity index (χ0n) is 15.4. The Morgan fingerprint density at radius 1 is 1.13 bits per heavy atom. The van der Waals surface area contributed by atoms with Gasteiger partial charge in [-0.3, -0.25) is 4.79 Å². The van der Waals surface area contributed by atoms with Crippen molar-refractivity contribution in [2.24, 2.45) is 23.2 Å². The fraction of sp³-hybridized carbons (Fsp3) is 0.650. The summed E-state index contributed by atoms with van der Waals surface area (Å²) in [5, 5.41) is 10.5. The molecule has 0 unspecified atom stereocenters. The van der Waals surface area contributed by atoms with Crippen molar-refractivity contribution < 1.29 is 14.6 Å². The average Bonchev–Trinajstić information content (AvgIpc) is 2.53. The van der Waals surface area contributed by atoms with Crippen LogP contribution in [0.3, 0.4) is 0 Å². The van der Waals surface area contributed by atoms with E-state index in [1.165, 1.54) is 0 Å². The zero-order chi connectivity index (χ0) is 17.6. The maximum atomic E-state index is 12.6. The standard InChI is InChI=1S/C20H32O3/c1-14(2)20(5,6)19(22)16(4)18(21)15(3)12-23-13-17-10-8-7-9-11-17/h7-11,14-16,18,21H,12-13H2,1-6H3/t15-,16+,18-/m0/s1. The van der Waals surface area contributed by atoms with Crippen LogP contribution in [0.4, 0.5) is 0 Å². The molecule has 1 aromatic rings. The van der Waals surface area contributed by atoms with Crippen LogP contribution in [-0.4, -0.2) is 23.6 Å². The topological polar surface area (TPSA) is 46.5 Å². The van der Waals surface area contributed by atoms with Gasteiger partial charge < -0.3 is 9.84 Å². The van der Waals surface area contributed by atoms with Gasteiger partial charge >= 0.3 is 0 Å². The molecule has 0 aliphatic rings. The highest BCUT2D eigenvalue weighted by molar-refractivity contribution is 5.86. The second-order valence-electron chi connectivity index (χ2n) is 7.50. The van der Waals surface area contributed by atoms with Gasteiger partial charge in [0.05, 0.1) is 19.3 Å². The van der Waals surface area contributed by atoms with Crippen LogP contribution in [0.15, 0.2) is 30.3 Å². The predicted octanol–water partition coefficient (Wildman–Crippen LogP) is 4.09. The van der Waals surface area contributed by atoms with Crippen LogP contribution in [0.2, 0.25) is 0 Å². The average molecular weight is 320 g/mol. The first-order valence-corrected chi connectivity index (χ1v) is 8.52. The molecule has 0 saturated heterocycles. The minimum atomic E-state index is -0.684. The Bertz CT molecular complexity index is 479. The molecule has 3 heteroatoms. The predicted molar refractivity (Wildman–Crippen MR) is 94.1 cm³/mol. The minimum absolute atomic E-state index is 0.0828. The highest BCUT2D eigenvalue weighted by Gasteiger charge is 2.38. The van der Waals surface area contributed by atoms with Crippen molar-refractivity contribution in [3.63, 3.8) is 0 Å². The minimum Gasteiger partial charge on any atom is -0.392 e. The molecule has 0 bridgehead atoms. The fourth-order valence-corrected chi connectivity index (χ4v) is 2.55. The van der Waals surface area contributed by atoms with E-state index in [2.05, 4.69) is 0 Å². The Balaban J connectivity index is 2.52. The second-order valence-corrected chi connectivity index (χ2v) is 7.50. The van der Waals surface area contributed by atoms with Gasteiger partial charge in [0.2, 0.25) is 0 Å². The van der Waals surface area contributed by atoms with Crippen molar-refractivity contribution in [3.8, 4) is 0 Å². The number of Topliss-reactive ketones (excluding diaryl/α,β-unsaturated/α-hetero) is 1. The van der Waals surface area contributed by atoms with Gasteiger partial charge in [0.25, 0.3) is 0 Å². The van der Waals surface area contributed by atoms with Crippen LogP contribution in [-0.2, 0) is 16.1 Å². The van der Waals surface area contributed by atoms with Gasteiger partial charge in [-0.2, -0.15) is 0 Å². The molecule has 0 amide bonds. The van der Waals surface area contributed by atoms with E-state index < -0.39 is 11.5 Å². The van der Waals surface area contributed by atoms with Gasteiger partial charge in [-0.1, -0.05) is 71.9 Å². The maximum Gasteiger partial charge on any atom is 0.144 e. The molecule has 0 heterocycles. The molecule has 1 rings (SSSR count). The van der Waals surface area contributed by atoms with Crippen molar-refractivity contribution in [2.75, 3.05) is 6.61 Å². The van der Waals surface area contributed by atoms with E-state index in [1.807, 2.05) is 71.9 Å². The molecule has 3 nitrogen and oxygen atoms in total. The van der Waals surface area contributed by atoms with E-state index in [1.54, 1.807) is 0 Å². The van der Waals surface area contributed by atoms with Gasteiger partial charge in [0, 0.05) is 17.3 Å². The number of hydrogen-bond acceptors (Lipinski definition) is 3. The normalized spacial score (nSPS) is 16.2. The summed E-state index contributed by atoms with van der Waals surface area (Å²) in [6, 6.07) is 9.95. The van der Waals surface area contributed by atoms with Gasteiger partial charge in [0.15, 0.2) is 0 Å². The molecular formula is C20H32O3. The summed E-state index contributed by atoms with van der Waals surface area (Å²) in [5.74, 6) is -0.104. The van der Waals surface area contributed by atoms with Crippen molar-refractivity contribution in [3.05, 3.63) is 35.9 Å². The first-order chi connectivity index (χ1) is 10.7. The van der Waals surface area contributed by atoms with Crippen LogP contribution < -0.4 is 0 Å². The molecular weight excluding hydrogens is 288 g/mol. The lowest BCUT2D eigenvalue weighted by molar-refractivity contribution is -0.138. The molecule has 0 saturated carbocycles. The number of rotatable bonds is 9.